The van der Waals surface area contributed by atoms with E-state index >= 15 is 0 Å². The number of benzene rings is 1. The summed E-state index contributed by atoms with van der Waals surface area (Å²) >= 11 is 0. The van der Waals surface area contributed by atoms with Gasteiger partial charge in [0, 0.05) is 37.9 Å². The molecule has 0 unspecified atom stereocenters. The van der Waals surface area contributed by atoms with Gasteiger partial charge in [0.05, 0.1) is 17.4 Å². The third-order valence-corrected chi connectivity index (χ3v) is 10.2. The molecule has 2 aliphatic carbocycles. The van der Waals surface area contributed by atoms with Crippen molar-refractivity contribution in [2.45, 2.75) is 76.8 Å². The molecule has 0 radical (unpaired) electrons. The Morgan fingerprint density at radius 2 is 1.60 bits per heavy atom. The molecule has 1 aromatic rings. The van der Waals surface area contributed by atoms with Crippen molar-refractivity contribution in [1.82, 2.24) is 9.80 Å². The van der Waals surface area contributed by atoms with Gasteiger partial charge in [0.25, 0.3) is 0 Å². The molecule has 190 valence electrons. The number of imide groups is 1. The van der Waals surface area contributed by atoms with E-state index in [1.165, 1.54) is 37.8 Å². The van der Waals surface area contributed by atoms with Crippen molar-refractivity contribution in [2.24, 2.45) is 29.6 Å². The molecule has 3 heterocycles. The summed E-state index contributed by atoms with van der Waals surface area (Å²) in [5, 5.41) is 0. The number of anilines is 1. The Morgan fingerprint density at radius 1 is 0.943 bits per heavy atom. The van der Waals surface area contributed by atoms with Gasteiger partial charge in [-0.2, -0.15) is 0 Å². The third kappa shape index (κ3) is 4.00. The number of carbonyl (C=O) groups excluding carboxylic acids is 2. The Hall–Kier alpha value is -1.95. The van der Waals surface area contributed by atoms with Gasteiger partial charge in [-0.05, 0) is 93.4 Å². The van der Waals surface area contributed by atoms with Gasteiger partial charge in [-0.1, -0.05) is 13.8 Å². The summed E-state index contributed by atoms with van der Waals surface area (Å²) in [6.07, 6.45) is 9.24. The summed E-state index contributed by atoms with van der Waals surface area (Å²) in [5.74, 6) is 1.44. The number of nitrogens with zero attached hydrogens (tertiary/aromatic N) is 3. The Balaban J connectivity index is 1.24. The molecule has 1 aromatic carbocycles. The lowest BCUT2D eigenvalue weighted by Gasteiger charge is -2.50. The molecule has 0 N–H and O–H groups in total. The highest BCUT2D eigenvalue weighted by Crippen LogP contribution is 2.52. The van der Waals surface area contributed by atoms with E-state index in [4.69, 9.17) is 0 Å². The van der Waals surface area contributed by atoms with Crippen molar-refractivity contribution in [2.75, 3.05) is 31.1 Å². The van der Waals surface area contributed by atoms with Crippen molar-refractivity contribution in [1.29, 1.82) is 0 Å². The second kappa shape index (κ2) is 8.86. The van der Waals surface area contributed by atoms with E-state index in [1.807, 2.05) is 12.1 Å². The number of hydrogen-bond acceptors (Lipinski definition) is 4. The predicted octanol–water partition coefficient (Wildman–Crippen LogP) is 4.71. The van der Waals surface area contributed by atoms with Crippen LogP contribution in [-0.2, 0) is 9.59 Å². The summed E-state index contributed by atoms with van der Waals surface area (Å²) in [6, 6.07) is 7.31. The topological polar surface area (TPSA) is 43.9 Å². The molecule has 6 heteroatoms. The fourth-order valence-corrected chi connectivity index (χ4v) is 7.84. The standard InChI is InChI=1S/C29H40FN3O2/c1-19(2)21-5-9-23(10-6-21)31-15-13-29(14-16-31)26-25(18-33(29)24-11-7-22(30)8-12-24)27(34)32(28(26)35)17-20-3-4-20/h7-8,11-12,19-21,23,25-26H,3-6,9-10,13-18H2,1-2H3/t21?,23?,25-,26+/m1/s1. The second-order valence-corrected chi connectivity index (χ2v) is 12.4. The van der Waals surface area contributed by atoms with E-state index in [-0.39, 0.29) is 35.0 Å². The predicted molar refractivity (Wildman–Crippen MR) is 134 cm³/mol. The Labute approximate surface area is 209 Å². The summed E-state index contributed by atoms with van der Waals surface area (Å²) in [6.45, 7) is 7.83. The largest absolute Gasteiger partial charge is 0.364 e. The number of likely N-dealkylation sites (tertiary alicyclic amines) is 2. The first kappa shape index (κ1) is 23.4. The van der Waals surface area contributed by atoms with Gasteiger partial charge in [0.1, 0.15) is 5.82 Å². The van der Waals surface area contributed by atoms with Crippen LogP contribution in [0.3, 0.4) is 0 Å². The fourth-order valence-electron chi connectivity index (χ4n) is 7.84. The molecule has 5 aliphatic rings. The second-order valence-electron chi connectivity index (χ2n) is 12.4. The van der Waals surface area contributed by atoms with E-state index in [9.17, 15) is 14.0 Å². The zero-order valence-electron chi connectivity index (χ0n) is 21.3. The van der Waals surface area contributed by atoms with Crippen molar-refractivity contribution >= 4 is 17.5 Å². The van der Waals surface area contributed by atoms with Gasteiger partial charge in [0.15, 0.2) is 0 Å². The SMILES string of the molecule is CC(C)C1CCC(N2CCC3(CC2)[C@@H]2C(=O)N(CC4CC4)C(=O)[C@@H]2CN3c2ccc(F)cc2)CC1. The maximum atomic E-state index is 13.8. The van der Waals surface area contributed by atoms with Crippen LogP contribution in [0.25, 0.3) is 0 Å². The van der Waals surface area contributed by atoms with E-state index in [0.717, 1.165) is 56.3 Å². The maximum Gasteiger partial charge on any atom is 0.235 e. The van der Waals surface area contributed by atoms with Crippen molar-refractivity contribution in [3.05, 3.63) is 30.1 Å². The van der Waals surface area contributed by atoms with Crippen LogP contribution in [0, 0.1) is 35.4 Å². The van der Waals surface area contributed by atoms with E-state index in [0.29, 0.717) is 25.0 Å². The van der Waals surface area contributed by atoms with Crippen LogP contribution in [0.2, 0.25) is 0 Å². The Bertz CT molecular complexity index is 959. The van der Waals surface area contributed by atoms with Crippen molar-refractivity contribution in [3.8, 4) is 0 Å². The highest BCUT2D eigenvalue weighted by atomic mass is 19.1. The Morgan fingerprint density at radius 3 is 2.20 bits per heavy atom. The van der Waals surface area contributed by atoms with Crippen LogP contribution in [0.5, 0.6) is 0 Å². The van der Waals surface area contributed by atoms with Crippen molar-refractivity contribution < 1.29 is 14.0 Å². The molecular formula is C29H40FN3O2. The molecule has 0 bridgehead atoms. The fraction of sp³-hybridized carbons (Fsp3) is 0.724. The first-order valence-corrected chi connectivity index (χ1v) is 14.0. The number of halogens is 1. The zero-order valence-corrected chi connectivity index (χ0v) is 21.3. The minimum Gasteiger partial charge on any atom is -0.364 e. The zero-order chi connectivity index (χ0) is 24.3. The molecule has 3 saturated heterocycles. The number of carbonyl (C=O) groups is 2. The summed E-state index contributed by atoms with van der Waals surface area (Å²) in [4.78, 5) is 33.8. The molecule has 5 nitrogen and oxygen atoms in total. The first-order valence-electron chi connectivity index (χ1n) is 14.0. The lowest BCUT2D eigenvalue weighted by molar-refractivity contribution is -0.141. The molecule has 3 aliphatic heterocycles. The quantitative estimate of drug-likeness (QED) is 0.572. The van der Waals surface area contributed by atoms with Crippen LogP contribution < -0.4 is 4.90 Å². The summed E-state index contributed by atoms with van der Waals surface area (Å²) < 4.78 is 13.7. The number of hydrogen-bond donors (Lipinski definition) is 0. The number of piperidine rings is 1. The van der Waals surface area contributed by atoms with Crippen LogP contribution >= 0.6 is 0 Å². The smallest absolute Gasteiger partial charge is 0.235 e. The van der Waals surface area contributed by atoms with E-state index in [1.54, 1.807) is 4.90 Å². The normalized spacial score (nSPS) is 33.3. The average molecular weight is 482 g/mol. The molecule has 2 amide bonds. The highest BCUT2D eigenvalue weighted by Gasteiger charge is 2.65. The van der Waals surface area contributed by atoms with Gasteiger partial charge in [-0.3, -0.25) is 14.5 Å². The minimum atomic E-state index is -0.348. The molecule has 0 aromatic heterocycles. The molecule has 5 fully saturated rings. The monoisotopic (exact) mass is 481 g/mol. The van der Waals surface area contributed by atoms with E-state index < -0.39 is 0 Å². The Kier molecular flexibility index (Phi) is 5.94. The molecule has 6 rings (SSSR count). The summed E-state index contributed by atoms with van der Waals surface area (Å²) in [5.41, 5.74) is 0.597. The van der Waals surface area contributed by atoms with Crippen LogP contribution in [0.4, 0.5) is 10.1 Å². The molecule has 2 atom stereocenters. The summed E-state index contributed by atoms with van der Waals surface area (Å²) in [7, 11) is 0. The minimum absolute atomic E-state index is 0.0327. The van der Waals surface area contributed by atoms with Gasteiger partial charge in [-0.15, -0.1) is 0 Å². The average Bonchev–Trinajstić information content (AvgIpc) is 3.59. The van der Waals surface area contributed by atoms with Crippen molar-refractivity contribution in [3.63, 3.8) is 0 Å². The maximum absolute atomic E-state index is 13.8. The lowest BCUT2D eigenvalue weighted by atomic mass is 9.73. The third-order valence-electron chi connectivity index (χ3n) is 10.2. The van der Waals surface area contributed by atoms with Gasteiger partial charge >= 0.3 is 0 Å². The molecule has 1 spiro atoms. The van der Waals surface area contributed by atoms with E-state index in [2.05, 4.69) is 23.6 Å². The van der Waals surface area contributed by atoms with Gasteiger partial charge in [-0.25, -0.2) is 4.39 Å². The van der Waals surface area contributed by atoms with Crippen LogP contribution in [0.1, 0.15) is 65.2 Å². The number of rotatable bonds is 5. The first-order chi connectivity index (χ1) is 16.9. The lowest BCUT2D eigenvalue weighted by Crippen LogP contribution is -2.59. The van der Waals surface area contributed by atoms with Gasteiger partial charge < -0.3 is 9.80 Å². The molecule has 2 saturated carbocycles. The number of fused-ring (bicyclic) bond motifs is 2. The highest BCUT2D eigenvalue weighted by molar-refractivity contribution is 6.07. The number of amides is 2. The van der Waals surface area contributed by atoms with Crippen LogP contribution in [0.15, 0.2) is 24.3 Å². The molecular weight excluding hydrogens is 441 g/mol. The van der Waals surface area contributed by atoms with Gasteiger partial charge in [0.2, 0.25) is 11.8 Å². The molecule has 35 heavy (non-hydrogen) atoms. The van der Waals surface area contributed by atoms with Crippen LogP contribution in [-0.4, -0.2) is 59.4 Å².